The van der Waals surface area contributed by atoms with Gasteiger partial charge >= 0.3 is 5.97 Å². The lowest BCUT2D eigenvalue weighted by Crippen LogP contribution is -2.38. The molecule has 6 heteroatoms. The molecule has 0 saturated heterocycles. The number of carbonyl (C=O) groups excluding carboxylic acids is 1. The quantitative estimate of drug-likeness (QED) is 0.722. The lowest BCUT2D eigenvalue weighted by atomic mass is 9.86. The Morgan fingerprint density at radius 1 is 1.00 bits per heavy atom. The zero-order valence-corrected chi connectivity index (χ0v) is 15.3. The Bertz CT molecular complexity index is 796. The monoisotopic (exact) mass is 368 g/mol. The molecular formula is C21H24N2O4. The fourth-order valence-electron chi connectivity index (χ4n) is 3.37. The highest BCUT2D eigenvalue weighted by Crippen LogP contribution is 2.26. The first kappa shape index (κ1) is 18.8. The molecule has 0 heterocycles. The van der Waals surface area contributed by atoms with Crippen molar-refractivity contribution in [2.75, 3.05) is 12.4 Å². The van der Waals surface area contributed by atoms with Crippen molar-refractivity contribution in [2.45, 2.75) is 31.7 Å². The van der Waals surface area contributed by atoms with Gasteiger partial charge in [0, 0.05) is 11.7 Å². The molecular weight excluding hydrogens is 344 g/mol. The minimum Gasteiger partial charge on any atom is -0.497 e. The first-order valence-electron chi connectivity index (χ1n) is 9.10. The maximum absolute atomic E-state index is 12.8. The maximum Gasteiger partial charge on any atom is 0.306 e. The van der Waals surface area contributed by atoms with Gasteiger partial charge in [-0.05, 0) is 62.1 Å². The first-order valence-corrected chi connectivity index (χ1v) is 9.10. The molecule has 0 atom stereocenters. The maximum atomic E-state index is 12.8. The largest absolute Gasteiger partial charge is 0.497 e. The summed E-state index contributed by atoms with van der Waals surface area (Å²) in [7, 11) is 1.62. The molecule has 1 saturated carbocycles. The van der Waals surface area contributed by atoms with Gasteiger partial charge in [-0.2, -0.15) is 0 Å². The minimum atomic E-state index is -0.742. The van der Waals surface area contributed by atoms with E-state index in [-0.39, 0.29) is 17.9 Å². The van der Waals surface area contributed by atoms with Crippen molar-refractivity contribution in [3.8, 4) is 5.75 Å². The topological polar surface area (TPSA) is 87.7 Å². The molecule has 1 fully saturated rings. The number of aliphatic carboxylic acids is 1. The summed E-state index contributed by atoms with van der Waals surface area (Å²) in [4.78, 5) is 23.8. The van der Waals surface area contributed by atoms with Crippen molar-refractivity contribution in [3.05, 3.63) is 54.1 Å². The van der Waals surface area contributed by atoms with Gasteiger partial charge in [-0.25, -0.2) is 0 Å². The Morgan fingerprint density at radius 3 is 2.30 bits per heavy atom. The molecule has 3 rings (SSSR count). The number of nitrogens with one attached hydrogen (secondary N) is 2. The molecule has 1 aliphatic rings. The number of carboxylic acid groups (broad SMARTS) is 1. The summed E-state index contributed by atoms with van der Waals surface area (Å²) >= 11 is 0. The van der Waals surface area contributed by atoms with Crippen LogP contribution in [0.2, 0.25) is 0 Å². The molecule has 0 bridgehead atoms. The van der Waals surface area contributed by atoms with Crippen LogP contribution in [0.4, 0.5) is 11.4 Å². The molecule has 1 aliphatic carbocycles. The number of amides is 1. The van der Waals surface area contributed by atoms with Crippen molar-refractivity contribution in [1.82, 2.24) is 5.32 Å². The van der Waals surface area contributed by atoms with Gasteiger partial charge in [-0.1, -0.05) is 12.1 Å². The van der Waals surface area contributed by atoms with Crippen LogP contribution in [-0.4, -0.2) is 30.1 Å². The summed E-state index contributed by atoms with van der Waals surface area (Å²) in [5.41, 5.74) is 2.14. The molecule has 0 aliphatic heterocycles. The predicted molar refractivity (Wildman–Crippen MR) is 104 cm³/mol. The number of carboxylic acids is 1. The van der Waals surface area contributed by atoms with Crippen LogP contribution >= 0.6 is 0 Å². The van der Waals surface area contributed by atoms with E-state index in [0.29, 0.717) is 31.2 Å². The van der Waals surface area contributed by atoms with E-state index < -0.39 is 5.97 Å². The van der Waals surface area contributed by atoms with Crippen LogP contribution in [0.5, 0.6) is 5.75 Å². The van der Waals surface area contributed by atoms with Gasteiger partial charge in [0.15, 0.2) is 0 Å². The van der Waals surface area contributed by atoms with E-state index in [1.165, 1.54) is 0 Å². The molecule has 2 aromatic carbocycles. The summed E-state index contributed by atoms with van der Waals surface area (Å²) in [5.74, 6) is -0.412. The average molecular weight is 368 g/mol. The van der Waals surface area contributed by atoms with Crippen LogP contribution in [0.1, 0.15) is 36.0 Å². The molecule has 142 valence electrons. The highest BCUT2D eigenvalue weighted by atomic mass is 16.5. The molecule has 2 aromatic rings. The summed E-state index contributed by atoms with van der Waals surface area (Å²) in [6.07, 6.45) is 2.59. The summed E-state index contributed by atoms with van der Waals surface area (Å²) in [6.45, 7) is 0. The lowest BCUT2D eigenvalue weighted by molar-refractivity contribution is -0.142. The van der Waals surface area contributed by atoms with E-state index in [1.807, 2.05) is 42.5 Å². The molecule has 0 radical (unpaired) electrons. The molecule has 3 N–H and O–H groups in total. The number of para-hydroxylation sites is 1. The fourth-order valence-corrected chi connectivity index (χ4v) is 3.37. The van der Waals surface area contributed by atoms with Gasteiger partial charge in [-0.15, -0.1) is 0 Å². The number of hydrogen-bond donors (Lipinski definition) is 3. The zero-order valence-electron chi connectivity index (χ0n) is 15.3. The van der Waals surface area contributed by atoms with Crippen LogP contribution < -0.4 is 15.4 Å². The third kappa shape index (κ3) is 4.78. The smallest absolute Gasteiger partial charge is 0.306 e. The van der Waals surface area contributed by atoms with E-state index in [0.717, 1.165) is 17.1 Å². The molecule has 0 spiro atoms. The third-order valence-corrected chi connectivity index (χ3v) is 4.95. The third-order valence-electron chi connectivity index (χ3n) is 4.95. The summed E-state index contributed by atoms with van der Waals surface area (Å²) in [6, 6.07) is 14.8. The Hall–Kier alpha value is -3.02. The summed E-state index contributed by atoms with van der Waals surface area (Å²) in [5, 5.41) is 15.4. The molecule has 6 nitrogen and oxygen atoms in total. The Balaban J connectivity index is 1.66. The molecule has 1 amide bonds. The number of benzene rings is 2. The standard InChI is InChI=1S/C21H24N2O4/c1-27-17-12-10-15(11-13-17)22-19-5-3-2-4-18(19)20(24)23-16-8-6-14(7-9-16)21(25)26/h2-5,10-14,16,22H,6-9H2,1H3,(H,23,24)(H,25,26). The van der Waals surface area contributed by atoms with E-state index in [4.69, 9.17) is 9.84 Å². The van der Waals surface area contributed by atoms with Crippen molar-refractivity contribution < 1.29 is 19.4 Å². The number of carbonyl (C=O) groups is 2. The van der Waals surface area contributed by atoms with Gasteiger partial charge in [0.25, 0.3) is 5.91 Å². The fraction of sp³-hybridized carbons (Fsp3) is 0.333. The number of rotatable bonds is 6. The van der Waals surface area contributed by atoms with E-state index in [2.05, 4.69) is 10.6 Å². The predicted octanol–water partition coefficient (Wildman–Crippen LogP) is 3.81. The van der Waals surface area contributed by atoms with Gasteiger partial charge in [0.2, 0.25) is 0 Å². The number of ether oxygens (including phenoxy) is 1. The number of hydrogen-bond acceptors (Lipinski definition) is 4. The second kappa shape index (κ2) is 8.58. The van der Waals surface area contributed by atoms with Gasteiger partial charge in [0.05, 0.1) is 24.3 Å². The number of methoxy groups -OCH3 is 1. The highest BCUT2D eigenvalue weighted by Gasteiger charge is 2.27. The van der Waals surface area contributed by atoms with Crippen LogP contribution in [0.3, 0.4) is 0 Å². The van der Waals surface area contributed by atoms with Crippen molar-refractivity contribution in [2.24, 2.45) is 5.92 Å². The van der Waals surface area contributed by atoms with Crippen LogP contribution in [-0.2, 0) is 4.79 Å². The van der Waals surface area contributed by atoms with E-state index in [9.17, 15) is 9.59 Å². The van der Waals surface area contributed by atoms with Crippen LogP contribution in [0, 0.1) is 5.92 Å². The van der Waals surface area contributed by atoms with E-state index >= 15 is 0 Å². The molecule has 27 heavy (non-hydrogen) atoms. The minimum absolute atomic E-state index is 0.0159. The van der Waals surface area contributed by atoms with Crippen LogP contribution in [0.15, 0.2) is 48.5 Å². The van der Waals surface area contributed by atoms with E-state index in [1.54, 1.807) is 13.2 Å². The van der Waals surface area contributed by atoms with Crippen molar-refractivity contribution in [3.63, 3.8) is 0 Å². The molecule has 0 unspecified atom stereocenters. The SMILES string of the molecule is COc1ccc(Nc2ccccc2C(=O)NC2CCC(C(=O)O)CC2)cc1. The van der Waals surface area contributed by atoms with Crippen LogP contribution in [0.25, 0.3) is 0 Å². The van der Waals surface area contributed by atoms with Crippen molar-refractivity contribution in [1.29, 1.82) is 0 Å². The zero-order chi connectivity index (χ0) is 19.2. The Labute approximate surface area is 158 Å². The Kier molecular flexibility index (Phi) is 5.96. The van der Waals surface area contributed by atoms with Gasteiger partial charge < -0.3 is 20.5 Å². The second-order valence-electron chi connectivity index (χ2n) is 6.76. The molecule has 0 aromatic heterocycles. The number of anilines is 2. The summed E-state index contributed by atoms with van der Waals surface area (Å²) < 4.78 is 5.16. The van der Waals surface area contributed by atoms with Crippen molar-refractivity contribution >= 4 is 23.3 Å². The van der Waals surface area contributed by atoms with Gasteiger partial charge in [-0.3, -0.25) is 9.59 Å². The average Bonchev–Trinajstić information content (AvgIpc) is 2.69. The highest BCUT2D eigenvalue weighted by molar-refractivity contribution is 6.00. The Morgan fingerprint density at radius 2 is 1.67 bits per heavy atom. The normalized spacial score (nSPS) is 19.1. The lowest BCUT2D eigenvalue weighted by Gasteiger charge is -2.27. The first-order chi connectivity index (χ1) is 13.1. The second-order valence-corrected chi connectivity index (χ2v) is 6.76. The van der Waals surface area contributed by atoms with Gasteiger partial charge in [0.1, 0.15) is 5.75 Å².